The van der Waals surface area contributed by atoms with E-state index in [9.17, 15) is 4.79 Å². The summed E-state index contributed by atoms with van der Waals surface area (Å²) in [6, 6.07) is 13.9. The van der Waals surface area contributed by atoms with Crippen molar-refractivity contribution in [2.75, 3.05) is 23.7 Å². The molecule has 48 heavy (non-hydrogen) atoms. The Hall–Kier alpha value is -4.02. The average molecular weight is 673 g/mol. The summed E-state index contributed by atoms with van der Waals surface area (Å²) < 4.78 is 12.2. The molecule has 12 heteroatoms. The molecule has 2 aliphatic rings. The number of carbonyl (C=O) groups excluding carboxylic acids is 1. The van der Waals surface area contributed by atoms with E-state index < -0.39 is 5.97 Å². The van der Waals surface area contributed by atoms with Gasteiger partial charge in [-0.15, -0.1) is 9.43 Å². The second-order valence-electron chi connectivity index (χ2n) is 12.9. The molecule has 2 heterocycles. The quantitative estimate of drug-likeness (QED) is 0.0481. The van der Waals surface area contributed by atoms with Crippen molar-refractivity contribution >= 4 is 40.8 Å². The first kappa shape index (κ1) is 35.3. The Balaban J connectivity index is 1.48. The highest BCUT2D eigenvalue weighted by atomic mass is 32.2. The molecule has 0 saturated heterocycles. The van der Waals surface area contributed by atoms with Crippen molar-refractivity contribution in [3.05, 3.63) is 76.5 Å². The van der Waals surface area contributed by atoms with Gasteiger partial charge >= 0.3 is 5.97 Å². The van der Waals surface area contributed by atoms with E-state index in [0.717, 1.165) is 73.2 Å². The first-order valence-electron chi connectivity index (χ1n) is 16.6. The summed E-state index contributed by atoms with van der Waals surface area (Å²) in [6.07, 6.45) is 3.55. The summed E-state index contributed by atoms with van der Waals surface area (Å²) >= 11 is 1.07. The highest BCUT2D eigenvalue weighted by Gasteiger charge is 2.41. The zero-order chi connectivity index (χ0) is 34.4. The van der Waals surface area contributed by atoms with Gasteiger partial charge in [0.25, 0.3) is 0 Å². The van der Waals surface area contributed by atoms with E-state index >= 15 is 0 Å². The highest BCUT2D eigenvalue weighted by molar-refractivity contribution is 7.94. The Morgan fingerprint density at radius 2 is 1.85 bits per heavy atom. The molecule has 0 bridgehead atoms. The van der Waals surface area contributed by atoms with Crippen LogP contribution in [0.1, 0.15) is 70.3 Å². The van der Waals surface area contributed by atoms with Gasteiger partial charge in [-0.3, -0.25) is 0 Å². The van der Waals surface area contributed by atoms with Gasteiger partial charge in [0.05, 0.1) is 12.3 Å². The van der Waals surface area contributed by atoms with Crippen molar-refractivity contribution < 1.29 is 24.2 Å². The van der Waals surface area contributed by atoms with Gasteiger partial charge in [-0.05, 0) is 88.0 Å². The molecule has 11 nitrogen and oxygen atoms in total. The molecule has 1 aromatic heterocycles. The van der Waals surface area contributed by atoms with Crippen LogP contribution in [0.25, 0.3) is 21.8 Å². The Bertz CT molecular complexity index is 1700. The number of anilines is 1. The minimum Gasteiger partial charge on any atom is -0.459 e. The molecule has 1 aliphatic heterocycles. The number of esters is 1. The Morgan fingerprint density at radius 3 is 2.50 bits per heavy atom. The van der Waals surface area contributed by atoms with Gasteiger partial charge < -0.3 is 9.64 Å². The van der Waals surface area contributed by atoms with E-state index in [-0.39, 0.29) is 40.9 Å². The molecule has 254 valence electrons. The van der Waals surface area contributed by atoms with Crippen LogP contribution in [0, 0.1) is 38.2 Å². The van der Waals surface area contributed by atoms with Gasteiger partial charge in [-0.1, -0.05) is 55.6 Å². The molecule has 5 rings (SSSR count). The number of nitrogens with zero attached hydrogens (tertiary/aromatic N) is 6. The van der Waals surface area contributed by atoms with Crippen LogP contribution in [-0.4, -0.2) is 56.8 Å². The maximum atomic E-state index is 14.0. The molecule has 0 radical (unpaired) electrons. The fourth-order valence-corrected chi connectivity index (χ4v) is 7.27. The number of benzene rings is 2. The van der Waals surface area contributed by atoms with E-state index in [0.29, 0.717) is 23.2 Å². The Morgan fingerprint density at radius 1 is 1.12 bits per heavy atom. The van der Waals surface area contributed by atoms with Gasteiger partial charge in [0.2, 0.25) is 5.70 Å². The maximum absolute atomic E-state index is 14.0. The fourth-order valence-electron chi connectivity index (χ4n) is 6.83. The molecule has 1 saturated carbocycles. The third-order valence-corrected chi connectivity index (χ3v) is 9.77. The minimum absolute atomic E-state index is 0.0852. The van der Waals surface area contributed by atoms with Crippen LogP contribution in [0.2, 0.25) is 0 Å². The summed E-state index contributed by atoms with van der Waals surface area (Å²) in [4.78, 5) is 29.8. The lowest BCUT2D eigenvalue weighted by atomic mass is 9.75. The van der Waals surface area contributed by atoms with Crippen molar-refractivity contribution in [3.8, 4) is 11.4 Å². The van der Waals surface area contributed by atoms with Crippen LogP contribution >= 0.6 is 12.0 Å². The topological polar surface area (TPSA) is 116 Å². The molecule has 3 aromatic rings. The van der Waals surface area contributed by atoms with Gasteiger partial charge in [-0.2, -0.15) is 0 Å². The first-order chi connectivity index (χ1) is 23.1. The zero-order valence-corrected chi connectivity index (χ0v) is 29.3. The van der Waals surface area contributed by atoms with E-state index in [2.05, 4.69) is 52.9 Å². The Labute approximate surface area is 286 Å². The normalized spacial score (nSPS) is 21.3. The molecule has 1 N–H and O–H groups in total. The minimum atomic E-state index is -0.562. The van der Waals surface area contributed by atoms with Crippen LogP contribution in [0.4, 0.5) is 11.4 Å². The molecular weight excluding hydrogens is 629 g/mol. The lowest BCUT2D eigenvalue weighted by Gasteiger charge is -2.37. The number of aryl methyl sites for hydroxylation is 2. The smallest absolute Gasteiger partial charge is 0.331 e. The predicted octanol–water partition coefficient (Wildman–Crippen LogP) is 8.07. The number of aliphatic imine (C=N–C) groups is 1. The molecule has 2 unspecified atom stereocenters. The molecule has 2 aromatic carbocycles. The summed E-state index contributed by atoms with van der Waals surface area (Å²) in [6.45, 7) is 22.4. The van der Waals surface area contributed by atoms with Crippen molar-refractivity contribution in [3.63, 3.8) is 0 Å². The van der Waals surface area contributed by atoms with E-state index in [4.69, 9.17) is 31.6 Å². The van der Waals surface area contributed by atoms with E-state index in [1.807, 2.05) is 50.2 Å². The number of ether oxygens (including phenoxy) is 1. The average Bonchev–Trinajstić information content (AvgIpc) is 3.61. The zero-order valence-electron chi connectivity index (χ0n) is 28.5. The van der Waals surface area contributed by atoms with Gasteiger partial charge in [0, 0.05) is 42.1 Å². The van der Waals surface area contributed by atoms with Gasteiger partial charge in [-0.25, -0.2) is 29.6 Å². The number of allylic oxidation sites excluding steroid dienone is 1. The third kappa shape index (κ3) is 7.81. The molecule has 0 amide bonds. The molecule has 0 spiro atoms. The van der Waals surface area contributed by atoms with Crippen LogP contribution in [0.15, 0.2) is 53.2 Å². The molecule has 1 aliphatic carbocycles. The molecular formula is C36H44N6O5S. The maximum Gasteiger partial charge on any atom is 0.331 e. The summed E-state index contributed by atoms with van der Waals surface area (Å²) in [5.41, 5.74) is 4.75. The second kappa shape index (κ2) is 15.9. The van der Waals surface area contributed by atoms with E-state index in [1.54, 1.807) is 0 Å². The number of rotatable bonds is 13. The second-order valence-corrected chi connectivity index (χ2v) is 13.7. The van der Waals surface area contributed by atoms with Crippen LogP contribution in [0.3, 0.4) is 0 Å². The Kier molecular flexibility index (Phi) is 11.7. The van der Waals surface area contributed by atoms with Gasteiger partial charge in [0.1, 0.15) is 11.7 Å². The summed E-state index contributed by atoms with van der Waals surface area (Å²) in [7, 11) is 0. The summed E-state index contributed by atoms with van der Waals surface area (Å²) in [5.74, 6) is 2.09. The fraction of sp³-hybridized carbons (Fsp3) is 0.472. The van der Waals surface area contributed by atoms with Crippen molar-refractivity contribution in [2.45, 2.75) is 73.3 Å². The number of fused-ring (bicyclic) bond motifs is 1. The number of hydrogen-bond acceptors (Lipinski definition) is 10. The lowest BCUT2D eigenvalue weighted by molar-refractivity contribution is -0.432. The van der Waals surface area contributed by atoms with Crippen LogP contribution in [-0.2, 0) is 18.9 Å². The number of hydrogen-bond donors (Lipinski definition) is 1. The van der Waals surface area contributed by atoms with E-state index in [1.165, 1.54) is 4.68 Å². The third-order valence-electron chi connectivity index (χ3n) is 9.16. The van der Waals surface area contributed by atoms with Crippen molar-refractivity contribution in [1.29, 1.82) is 0 Å². The van der Waals surface area contributed by atoms with Crippen molar-refractivity contribution in [1.82, 2.24) is 14.8 Å². The van der Waals surface area contributed by atoms with Crippen molar-refractivity contribution in [2.24, 2.45) is 22.7 Å². The number of unbranched alkanes of at least 4 members (excludes halogenated alkanes) is 1. The van der Waals surface area contributed by atoms with Crippen LogP contribution < -0.4 is 4.90 Å². The number of aromatic nitrogens is 3. The molecule has 2 atom stereocenters. The number of carbonyl (C=O) groups is 1. The van der Waals surface area contributed by atoms with Gasteiger partial charge in [0.15, 0.2) is 17.5 Å². The first-order valence-corrected chi connectivity index (χ1v) is 17.5. The highest BCUT2D eigenvalue weighted by Crippen LogP contribution is 2.38. The molecule has 1 fully saturated rings. The van der Waals surface area contributed by atoms with Crippen LogP contribution in [0.5, 0.6) is 0 Å². The summed E-state index contributed by atoms with van der Waals surface area (Å²) in [5, 5.41) is 16.7. The standard InChI is InChI=1S/C36H44N6O5S/c1-8-41(17-9-10-18-48-47-46-44)28-15-16-29(24(4)21-28)38-35-31(37-7)30(36(43)45-32-25(5)19-23(3)20-26(32)6)34-39-33(40-42(34)35)27-13-11-22(2)12-14-27/h11-16,21,23,25-26,32,44H,8-10,17-20H2,1-6H3. The monoisotopic (exact) mass is 672 g/mol. The predicted molar refractivity (Wildman–Crippen MR) is 188 cm³/mol. The lowest BCUT2D eigenvalue weighted by Crippen LogP contribution is -2.37. The SMILES string of the molecule is [C-]#[N+]C1=C(C(=O)OC2C(C)CC(C)CC2C)c2nc(-c3ccc(C)cc3)nn2C1=Nc1ccc(N(CC)CCCCSOOO)cc1C. The largest absolute Gasteiger partial charge is 0.459 e.